The highest BCUT2D eigenvalue weighted by atomic mass is 28.4. The maximum Gasteiger partial charge on any atom is 0.258 e. The molecule has 0 spiro atoms. The zero-order valence-electron chi connectivity index (χ0n) is 37.5. The SMILES string of the molecule is C=C(C[C@H]1OC[C@H](C[C@@H]2O[C@H]2[C@@H](C)[C@H](C)O[Si](CC)(CC)CC)[C@@H](O[Si](CC)(CC)CC)[C@H]1O[Si](CC)(CC)CC)O[Si](C(C)C)(C(C)C)C(C)C. The monoisotopic (exact) mass is 801 g/mol. The molecule has 0 unspecified atom stereocenters. The van der Waals surface area contributed by atoms with Gasteiger partial charge in [-0.15, -0.1) is 0 Å². The second kappa shape index (κ2) is 21.1. The van der Waals surface area contributed by atoms with Gasteiger partial charge in [0.2, 0.25) is 0 Å². The number of ether oxygens (including phenoxy) is 2. The fourth-order valence-corrected chi connectivity index (χ4v) is 24.0. The van der Waals surface area contributed by atoms with Gasteiger partial charge in [0.05, 0.1) is 42.9 Å². The molecular formula is C42H88O6Si4. The molecule has 308 valence electrons. The Morgan fingerprint density at radius 3 is 1.44 bits per heavy atom. The van der Waals surface area contributed by atoms with E-state index in [9.17, 15) is 0 Å². The third-order valence-corrected chi connectivity index (χ3v) is 34.6. The quantitative estimate of drug-likeness (QED) is 0.0493. The zero-order valence-corrected chi connectivity index (χ0v) is 41.5. The second-order valence-corrected chi connectivity index (χ2v) is 37.3. The third kappa shape index (κ3) is 11.2. The van der Waals surface area contributed by atoms with E-state index in [0.29, 0.717) is 35.6 Å². The fourth-order valence-electron chi connectivity index (χ4n) is 9.92. The van der Waals surface area contributed by atoms with Gasteiger partial charge < -0.3 is 27.2 Å². The minimum Gasteiger partial charge on any atom is -0.546 e. The molecule has 0 aromatic heterocycles. The van der Waals surface area contributed by atoms with Crippen molar-refractivity contribution < 1.29 is 27.2 Å². The molecule has 0 aliphatic carbocycles. The fraction of sp³-hybridized carbons (Fsp3) is 0.952. The molecule has 52 heavy (non-hydrogen) atoms. The first kappa shape index (κ1) is 48.4. The summed E-state index contributed by atoms with van der Waals surface area (Å²) >= 11 is 0. The first-order chi connectivity index (χ1) is 24.4. The number of rotatable bonds is 26. The van der Waals surface area contributed by atoms with Crippen molar-refractivity contribution in [3.63, 3.8) is 0 Å². The standard InChI is InChI=1S/C42H88O6Si4/c1-19-49(20-2,21-3)46-36(18)35(17)40-39(44-40)29-37-30-43-38(28-34(16)45-52(31(10)11,32(12)13)33(14)15)42(48-51(25-7,26-8)27-9)41(37)47-50(22-4,23-5)24-6/h31-33,35-42H,16,19-30H2,1-15,17-18H3/t35-,36-,37-,38+,39-,40-,41+,42-/m0/s1. The van der Waals surface area contributed by atoms with Gasteiger partial charge in [-0.25, -0.2) is 0 Å². The molecule has 0 bridgehead atoms. The Bertz CT molecular complexity index is 997. The molecule has 0 amide bonds. The Morgan fingerprint density at radius 1 is 0.615 bits per heavy atom. The van der Waals surface area contributed by atoms with Crippen LogP contribution in [0.3, 0.4) is 0 Å². The Hall–Kier alpha value is 0.208. The lowest BCUT2D eigenvalue weighted by molar-refractivity contribution is -0.155. The first-order valence-electron chi connectivity index (χ1n) is 22.1. The summed E-state index contributed by atoms with van der Waals surface area (Å²) in [7, 11) is -7.87. The molecule has 2 saturated heterocycles. The topological polar surface area (TPSA) is 58.7 Å². The maximum atomic E-state index is 7.66. The first-order valence-corrected chi connectivity index (χ1v) is 31.8. The van der Waals surface area contributed by atoms with Crippen LogP contribution < -0.4 is 0 Å². The molecule has 10 heteroatoms. The average Bonchev–Trinajstić information content (AvgIpc) is 3.90. The van der Waals surface area contributed by atoms with Gasteiger partial charge in [0, 0.05) is 24.4 Å². The highest BCUT2D eigenvalue weighted by molar-refractivity contribution is 6.78. The Balaban J connectivity index is 2.51. The van der Waals surface area contributed by atoms with Crippen LogP contribution in [0.2, 0.25) is 71.0 Å². The molecule has 0 N–H and O–H groups in total. The maximum absolute atomic E-state index is 7.66. The summed E-state index contributed by atoms with van der Waals surface area (Å²) in [5.74, 6) is 1.45. The molecule has 2 fully saturated rings. The van der Waals surface area contributed by atoms with Gasteiger partial charge in [0.1, 0.15) is 0 Å². The van der Waals surface area contributed by atoms with Crippen molar-refractivity contribution in [2.45, 2.75) is 238 Å². The van der Waals surface area contributed by atoms with Gasteiger partial charge in [0.15, 0.2) is 25.0 Å². The molecule has 2 rings (SSSR count). The minimum absolute atomic E-state index is 0.0222. The Kier molecular flexibility index (Phi) is 19.6. The smallest absolute Gasteiger partial charge is 0.258 e. The molecule has 6 nitrogen and oxygen atoms in total. The van der Waals surface area contributed by atoms with Crippen molar-refractivity contribution in [2.75, 3.05) is 6.61 Å². The van der Waals surface area contributed by atoms with E-state index in [1.807, 2.05) is 0 Å². The summed E-state index contributed by atoms with van der Waals surface area (Å²) in [6.45, 7) is 45.0. The van der Waals surface area contributed by atoms with Crippen molar-refractivity contribution in [3.05, 3.63) is 12.3 Å². The van der Waals surface area contributed by atoms with Crippen molar-refractivity contribution in [1.29, 1.82) is 0 Å². The van der Waals surface area contributed by atoms with E-state index >= 15 is 0 Å². The second-order valence-electron chi connectivity index (χ2n) is 17.7. The lowest BCUT2D eigenvalue weighted by Crippen LogP contribution is -2.60. The third-order valence-electron chi connectivity index (χ3n) is 14.6. The molecule has 2 aliphatic rings. The lowest BCUT2D eigenvalue weighted by atomic mass is 9.86. The summed E-state index contributed by atoms with van der Waals surface area (Å²) < 4.78 is 42.9. The van der Waals surface area contributed by atoms with E-state index in [0.717, 1.165) is 48.4 Å². The normalized spacial score (nSPS) is 25.9. The van der Waals surface area contributed by atoms with Crippen LogP contribution in [0.5, 0.6) is 0 Å². The van der Waals surface area contributed by atoms with Gasteiger partial charge in [-0.05, 0) is 84.4 Å². The van der Waals surface area contributed by atoms with Crippen molar-refractivity contribution in [2.24, 2.45) is 11.8 Å². The summed E-state index contributed by atoms with van der Waals surface area (Å²) in [5.41, 5.74) is 1.46. The number of hydrogen-bond acceptors (Lipinski definition) is 6. The summed E-state index contributed by atoms with van der Waals surface area (Å²) in [6, 6.07) is 10.2. The van der Waals surface area contributed by atoms with Crippen molar-refractivity contribution >= 4 is 33.3 Å². The van der Waals surface area contributed by atoms with Gasteiger partial charge in [-0.2, -0.15) is 0 Å². The average molecular weight is 802 g/mol. The van der Waals surface area contributed by atoms with Crippen molar-refractivity contribution in [3.8, 4) is 0 Å². The van der Waals surface area contributed by atoms with Gasteiger partial charge >= 0.3 is 0 Å². The number of epoxide rings is 1. The van der Waals surface area contributed by atoms with E-state index in [-0.39, 0.29) is 42.5 Å². The predicted molar refractivity (Wildman–Crippen MR) is 233 cm³/mol. The minimum atomic E-state index is -2.15. The van der Waals surface area contributed by atoms with Crippen LogP contribution in [0.1, 0.15) is 131 Å². The van der Waals surface area contributed by atoms with Crippen LogP contribution in [0.4, 0.5) is 0 Å². The van der Waals surface area contributed by atoms with E-state index < -0.39 is 33.3 Å². The highest BCUT2D eigenvalue weighted by Crippen LogP contribution is 2.46. The molecule has 0 saturated carbocycles. The van der Waals surface area contributed by atoms with Crippen LogP contribution in [0, 0.1) is 11.8 Å². The largest absolute Gasteiger partial charge is 0.546 e. The molecule has 2 aliphatic heterocycles. The number of hydrogen-bond donors (Lipinski definition) is 0. The van der Waals surface area contributed by atoms with E-state index in [1.54, 1.807) is 0 Å². The van der Waals surface area contributed by atoms with Crippen molar-refractivity contribution in [1.82, 2.24) is 0 Å². The van der Waals surface area contributed by atoms with Crippen LogP contribution in [0.25, 0.3) is 0 Å². The zero-order chi connectivity index (χ0) is 39.7. The van der Waals surface area contributed by atoms with E-state index in [2.05, 4.69) is 124 Å². The van der Waals surface area contributed by atoms with E-state index in [4.69, 9.17) is 27.2 Å². The van der Waals surface area contributed by atoms with Crippen LogP contribution in [-0.2, 0) is 27.2 Å². The Labute approximate surface area is 328 Å². The highest BCUT2D eigenvalue weighted by Gasteiger charge is 2.54. The van der Waals surface area contributed by atoms with Gasteiger partial charge in [-0.3, -0.25) is 0 Å². The summed E-state index contributed by atoms with van der Waals surface area (Å²) in [6.07, 6.45) is 1.93. The molecule has 0 radical (unpaired) electrons. The van der Waals surface area contributed by atoms with Crippen LogP contribution in [0.15, 0.2) is 12.3 Å². The molecule has 0 aromatic rings. The molecule has 2 heterocycles. The predicted octanol–water partition coefficient (Wildman–Crippen LogP) is 13.1. The summed E-state index contributed by atoms with van der Waals surface area (Å²) in [5, 5.41) is 0. The lowest BCUT2D eigenvalue weighted by Gasteiger charge is -2.50. The van der Waals surface area contributed by atoms with Crippen LogP contribution >= 0.6 is 0 Å². The molecular weight excluding hydrogens is 713 g/mol. The van der Waals surface area contributed by atoms with E-state index in [1.165, 1.54) is 18.1 Å². The Morgan fingerprint density at radius 2 is 1.04 bits per heavy atom. The molecule has 8 atom stereocenters. The molecule has 0 aromatic carbocycles. The van der Waals surface area contributed by atoms with Crippen LogP contribution in [-0.4, -0.2) is 76.5 Å². The summed E-state index contributed by atoms with van der Waals surface area (Å²) in [4.78, 5) is 0. The van der Waals surface area contributed by atoms with Gasteiger partial charge in [0.25, 0.3) is 8.32 Å². The van der Waals surface area contributed by atoms with Gasteiger partial charge in [-0.1, -0.05) is 117 Å².